The molecule has 4 heteroatoms. The van der Waals surface area contributed by atoms with Crippen LogP contribution in [0.3, 0.4) is 0 Å². The Morgan fingerprint density at radius 1 is 0.608 bits per heavy atom. The van der Waals surface area contributed by atoms with E-state index < -0.39 is 5.41 Å². The molecule has 0 saturated carbocycles. The van der Waals surface area contributed by atoms with Gasteiger partial charge in [-0.25, -0.2) is 0 Å². The fourth-order valence-corrected chi connectivity index (χ4v) is 7.56. The van der Waals surface area contributed by atoms with Gasteiger partial charge in [-0.1, -0.05) is 117 Å². The largest absolute Gasteiger partial charge is 2.00 e. The number of benzene rings is 5. The van der Waals surface area contributed by atoms with Crippen LogP contribution in [0.2, 0.25) is 0 Å². The molecule has 1 aliphatic carbocycles. The van der Waals surface area contributed by atoms with Gasteiger partial charge in [0.25, 0.3) is 0 Å². The van der Waals surface area contributed by atoms with E-state index in [-0.39, 0.29) is 26.5 Å². The van der Waals surface area contributed by atoms with Crippen LogP contribution < -0.4 is 4.74 Å². The molecule has 0 aliphatic heterocycles. The van der Waals surface area contributed by atoms with Gasteiger partial charge in [-0.15, -0.1) is 29.3 Å². The zero-order chi connectivity index (χ0) is 34.5. The van der Waals surface area contributed by atoms with Crippen molar-refractivity contribution in [2.75, 3.05) is 0 Å². The summed E-state index contributed by atoms with van der Waals surface area (Å²) < 4.78 is 6.78. The van der Waals surface area contributed by atoms with Crippen LogP contribution in [0.15, 0.2) is 140 Å². The standard InChI is InChI=1S/C47H38N2O.Pt/c1-31-14-12-15-32(2)45(31)34-26-33(43-30-35(23-25-48-43)46(3,4)5)27-38(28-34)50-37-17-13-16-36(29-37)47(44-22-10-11-24-49-44)41-20-8-6-18-39(41)40-19-7-9-21-42(40)47;/h6-26,28,30H,1-5H3;/q-2;+2. The van der Waals surface area contributed by atoms with Crippen LogP contribution in [-0.2, 0) is 31.9 Å². The normalized spacial score (nSPS) is 12.8. The molecule has 7 aromatic rings. The molecular formula is C47H38N2OPt. The van der Waals surface area contributed by atoms with Crippen molar-refractivity contribution in [3.8, 4) is 45.0 Å². The summed E-state index contributed by atoms with van der Waals surface area (Å²) in [5.41, 5.74) is 13.6. The summed E-state index contributed by atoms with van der Waals surface area (Å²) in [6, 6.07) is 51.9. The molecule has 0 radical (unpaired) electrons. The van der Waals surface area contributed by atoms with Crippen molar-refractivity contribution in [2.45, 2.75) is 45.4 Å². The third-order valence-electron chi connectivity index (χ3n) is 9.91. The van der Waals surface area contributed by atoms with Gasteiger partial charge in [-0.2, -0.15) is 12.1 Å². The van der Waals surface area contributed by atoms with Crippen LogP contribution in [0.25, 0.3) is 33.5 Å². The second-order valence-electron chi connectivity index (χ2n) is 14.2. The van der Waals surface area contributed by atoms with E-state index in [1.807, 2.05) is 24.5 Å². The van der Waals surface area contributed by atoms with Crippen LogP contribution in [0.1, 0.15) is 59.8 Å². The number of fused-ring (bicyclic) bond motifs is 3. The molecule has 0 N–H and O–H groups in total. The predicted octanol–water partition coefficient (Wildman–Crippen LogP) is 11.5. The number of ether oxygens (including phenoxy) is 1. The maximum Gasteiger partial charge on any atom is 2.00 e. The van der Waals surface area contributed by atoms with Crippen molar-refractivity contribution in [2.24, 2.45) is 0 Å². The summed E-state index contributed by atoms with van der Waals surface area (Å²) in [6.07, 6.45) is 3.76. The molecule has 5 aromatic carbocycles. The molecule has 252 valence electrons. The third-order valence-corrected chi connectivity index (χ3v) is 9.91. The van der Waals surface area contributed by atoms with Gasteiger partial charge >= 0.3 is 21.1 Å². The molecule has 51 heavy (non-hydrogen) atoms. The first kappa shape index (κ1) is 34.3. The minimum Gasteiger partial charge on any atom is -0.503 e. The van der Waals surface area contributed by atoms with Gasteiger partial charge in [-0.3, -0.25) is 4.98 Å². The van der Waals surface area contributed by atoms with E-state index in [4.69, 9.17) is 14.7 Å². The van der Waals surface area contributed by atoms with E-state index in [0.717, 1.165) is 28.1 Å². The topological polar surface area (TPSA) is 35.0 Å². The Morgan fingerprint density at radius 2 is 1.27 bits per heavy atom. The summed E-state index contributed by atoms with van der Waals surface area (Å²) >= 11 is 0. The number of aryl methyl sites for hydroxylation is 2. The van der Waals surface area contributed by atoms with Gasteiger partial charge in [0.1, 0.15) is 0 Å². The van der Waals surface area contributed by atoms with E-state index in [1.165, 1.54) is 44.5 Å². The minimum absolute atomic E-state index is 0. The summed E-state index contributed by atoms with van der Waals surface area (Å²) in [5, 5.41) is 0. The first-order valence-electron chi connectivity index (χ1n) is 17.2. The van der Waals surface area contributed by atoms with Gasteiger partial charge in [0.05, 0.1) is 11.1 Å². The van der Waals surface area contributed by atoms with Crippen molar-refractivity contribution >= 4 is 0 Å². The number of hydrogen-bond acceptors (Lipinski definition) is 3. The van der Waals surface area contributed by atoms with Crippen LogP contribution >= 0.6 is 0 Å². The Kier molecular flexibility index (Phi) is 9.12. The Hall–Kier alpha value is -5.11. The van der Waals surface area contributed by atoms with Crippen LogP contribution in [0.4, 0.5) is 0 Å². The van der Waals surface area contributed by atoms with Gasteiger partial charge < -0.3 is 9.72 Å². The molecule has 1 aliphatic rings. The van der Waals surface area contributed by atoms with Crippen LogP contribution in [0.5, 0.6) is 11.5 Å². The summed E-state index contributed by atoms with van der Waals surface area (Å²) in [4.78, 5) is 9.78. The summed E-state index contributed by atoms with van der Waals surface area (Å²) in [6.45, 7) is 11.0. The smallest absolute Gasteiger partial charge is 0.503 e. The molecule has 0 saturated heterocycles. The summed E-state index contributed by atoms with van der Waals surface area (Å²) in [5.74, 6) is 1.22. The van der Waals surface area contributed by atoms with Crippen molar-refractivity contribution in [1.29, 1.82) is 0 Å². The third kappa shape index (κ3) is 6.04. The molecule has 2 aromatic heterocycles. The SMILES string of the molecule is Cc1cccc(C)c1-c1cc(Oc2[c-]c(C3(c4ccccn4)c4ccccc4-c4ccccc43)ccc2)[c-]c(-c2cc(C(C)(C)C)ccn2)c1.[Pt+2]. The molecule has 0 atom stereocenters. The number of pyridine rings is 2. The minimum atomic E-state index is -0.667. The molecule has 8 rings (SSSR count). The number of aromatic nitrogens is 2. The van der Waals surface area contributed by atoms with Crippen LogP contribution in [0, 0.1) is 26.0 Å². The Bertz CT molecular complexity index is 2310. The monoisotopic (exact) mass is 841 g/mol. The zero-order valence-corrected chi connectivity index (χ0v) is 31.7. The van der Waals surface area contributed by atoms with Crippen molar-refractivity contribution in [1.82, 2.24) is 9.97 Å². The zero-order valence-electron chi connectivity index (χ0n) is 29.4. The summed E-state index contributed by atoms with van der Waals surface area (Å²) in [7, 11) is 0. The van der Waals surface area contributed by atoms with Gasteiger partial charge in [-0.05, 0) is 87.7 Å². The number of hydrogen-bond donors (Lipinski definition) is 0. The Labute approximate surface area is 315 Å². The first-order chi connectivity index (χ1) is 24.2. The van der Waals surface area contributed by atoms with Crippen molar-refractivity contribution in [3.63, 3.8) is 0 Å². The van der Waals surface area contributed by atoms with E-state index in [1.54, 1.807) is 0 Å². The fourth-order valence-electron chi connectivity index (χ4n) is 7.56. The number of rotatable bonds is 6. The van der Waals surface area contributed by atoms with E-state index in [2.05, 4.69) is 162 Å². The predicted molar refractivity (Wildman–Crippen MR) is 203 cm³/mol. The molecule has 0 spiro atoms. The molecule has 0 bridgehead atoms. The molecule has 2 heterocycles. The molecule has 0 amide bonds. The second-order valence-corrected chi connectivity index (χ2v) is 14.2. The fraction of sp³-hybridized carbons (Fsp3) is 0.149. The molecule has 0 fully saturated rings. The van der Waals surface area contributed by atoms with Gasteiger partial charge in [0, 0.05) is 23.9 Å². The van der Waals surface area contributed by atoms with E-state index in [0.29, 0.717) is 11.5 Å². The first-order valence-corrected chi connectivity index (χ1v) is 17.2. The average molecular weight is 842 g/mol. The Balaban J connectivity index is 0.00000406. The quantitative estimate of drug-likeness (QED) is 0.156. The maximum absolute atomic E-state index is 6.78. The van der Waals surface area contributed by atoms with Gasteiger partial charge in [0.2, 0.25) is 0 Å². The average Bonchev–Trinajstić information content (AvgIpc) is 3.43. The molecule has 0 unspecified atom stereocenters. The maximum atomic E-state index is 6.78. The van der Waals surface area contributed by atoms with E-state index >= 15 is 0 Å². The number of nitrogens with zero attached hydrogens (tertiary/aromatic N) is 2. The van der Waals surface area contributed by atoms with Gasteiger partial charge in [0.15, 0.2) is 0 Å². The Morgan fingerprint density at radius 3 is 1.94 bits per heavy atom. The van der Waals surface area contributed by atoms with Crippen molar-refractivity contribution in [3.05, 3.63) is 191 Å². The van der Waals surface area contributed by atoms with E-state index in [9.17, 15) is 0 Å². The van der Waals surface area contributed by atoms with Crippen LogP contribution in [-0.4, -0.2) is 9.97 Å². The van der Waals surface area contributed by atoms with Crippen molar-refractivity contribution < 1.29 is 25.8 Å². The molecular weight excluding hydrogens is 804 g/mol. The second kappa shape index (κ2) is 13.5. The molecule has 3 nitrogen and oxygen atoms in total.